The minimum Gasteiger partial charge on any atom is -0.316 e. The summed E-state index contributed by atoms with van der Waals surface area (Å²) in [6.07, 6.45) is 1.03. The third-order valence-electron chi connectivity index (χ3n) is 3.25. The van der Waals surface area contributed by atoms with E-state index in [1.165, 1.54) is 5.56 Å². The molecule has 0 spiro atoms. The summed E-state index contributed by atoms with van der Waals surface area (Å²) < 4.78 is 14.6. The Morgan fingerprint density at radius 1 is 1.44 bits per heavy atom. The van der Waals surface area contributed by atoms with Gasteiger partial charge in [0, 0.05) is 12.5 Å². The van der Waals surface area contributed by atoms with Crippen molar-refractivity contribution in [3.63, 3.8) is 0 Å². The summed E-state index contributed by atoms with van der Waals surface area (Å²) in [4.78, 5) is 0. The number of benzene rings is 1. The van der Waals surface area contributed by atoms with Crippen LogP contribution in [0.3, 0.4) is 0 Å². The molecule has 1 N–H and O–H groups in total. The normalized spacial score (nSPS) is 20.7. The molecular formula is C13H17BrFN. The molecular weight excluding hydrogens is 269 g/mol. The second-order valence-corrected chi connectivity index (χ2v) is 5.60. The van der Waals surface area contributed by atoms with Crippen molar-refractivity contribution in [3.8, 4) is 0 Å². The van der Waals surface area contributed by atoms with Crippen molar-refractivity contribution < 1.29 is 4.39 Å². The number of rotatable bonds is 2. The lowest BCUT2D eigenvalue weighted by molar-refractivity contribution is 0.580. The van der Waals surface area contributed by atoms with Gasteiger partial charge < -0.3 is 5.32 Å². The molecule has 0 aromatic heterocycles. The van der Waals surface area contributed by atoms with Crippen LogP contribution in [0.15, 0.2) is 16.6 Å². The monoisotopic (exact) mass is 285 g/mol. The molecule has 1 nitrogen and oxygen atoms in total. The highest BCUT2D eigenvalue weighted by Gasteiger charge is 2.22. The number of hydrogen-bond donors (Lipinski definition) is 1. The lowest BCUT2D eigenvalue weighted by Gasteiger charge is -2.15. The van der Waals surface area contributed by atoms with Gasteiger partial charge in [-0.1, -0.05) is 19.9 Å². The van der Waals surface area contributed by atoms with E-state index >= 15 is 0 Å². The van der Waals surface area contributed by atoms with E-state index in [0.717, 1.165) is 25.1 Å². The van der Waals surface area contributed by atoms with Crippen LogP contribution in [0.25, 0.3) is 0 Å². The molecule has 0 amide bonds. The molecule has 1 unspecified atom stereocenters. The van der Waals surface area contributed by atoms with Crippen LogP contribution in [0.1, 0.15) is 43.2 Å². The molecule has 1 aliphatic heterocycles. The van der Waals surface area contributed by atoms with Gasteiger partial charge in [0.05, 0.1) is 4.47 Å². The third-order valence-corrected chi connectivity index (χ3v) is 3.82. The number of halogens is 2. The zero-order chi connectivity index (χ0) is 11.7. The summed E-state index contributed by atoms with van der Waals surface area (Å²) >= 11 is 3.32. The third kappa shape index (κ3) is 2.30. The fraction of sp³-hybridized carbons (Fsp3) is 0.538. The molecule has 1 aromatic carbocycles. The Bertz CT molecular complexity index is 384. The molecule has 16 heavy (non-hydrogen) atoms. The summed E-state index contributed by atoms with van der Waals surface area (Å²) in [6.45, 7) is 6.16. The van der Waals surface area contributed by atoms with Gasteiger partial charge in [0.1, 0.15) is 5.82 Å². The van der Waals surface area contributed by atoms with E-state index in [2.05, 4.69) is 35.1 Å². The zero-order valence-electron chi connectivity index (χ0n) is 9.69. The van der Waals surface area contributed by atoms with Gasteiger partial charge in [0.2, 0.25) is 0 Å². The maximum atomic E-state index is 14.0. The highest BCUT2D eigenvalue weighted by molar-refractivity contribution is 9.10. The molecule has 0 radical (unpaired) electrons. The van der Waals surface area contributed by atoms with Crippen LogP contribution >= 0.6 is 15.9 Å². The van der Waals surface area contributed by atoms with Crippen molar-refractivity contribution in [1.29, 1.82) is 0 Å². The molecule has 1 saturated heterocycles. The molecule has 2 rings (SSSR count). The summed E-state index contributed by atoms with van der Waals surface area (Å²) in [7, 11) is 0. The molecule has 1 aromatic rings. The van der Waals surface area contributed by atoms with E-state index in [1.807, 2.05) is 12.1 Å². The van der Waals surface area contributed by atoms with Crippen molar-refractivity contribution in [2.75, 3.05) is 13.1 Å². The summed E-state index contributed by atoms with van der Waals surface area (Å²) in [5, 5.41) is 3.28. The lowest BCUT2D eigenvalue weighted by atomic mass is 9.93. The molecule has 1 aliphatic rings. The van der Waals surface area contributed by atoms with E-state index in [-0.39, 0.29) is 5.82 Å². The van der Waals surface area contributed by atoms with Gasteiger partial charge >= 0.3 is 0 Å². The van der Waals surface area contributed by atoms with Crippen molar-refractivity contribution in [2.45, 2.75) is 32.1 Å². The summed E-state index contributed by atoms with van der Waals surface area (Å²) in [6, 6.07) is 3.92. The molecule has 1 heterocycles. The first kappa shape index (κ1) is 12.1. The van der Waals surface area contributed by atoms with Crippen LogP contribution < -0.4 is 5.32 Å². The van der Waals surface area contributed by atoms with E-state index in [9.17, 15) is 4.39 Å². The smallest absolute Gasteiger partial charge is 0.140 e. The standard InChI is InChI=1S/C13H17BrFN/c1-8(2)10-5-11(9-3-4-16-7-9)13(15)12(14)6-10/h5-6,8-9,16H,3-4,7H2,1-2H3. The van der Waals surface area contributed by atoms with Gasteiger partial charge in [-0.2, -0.15) is 0 Å². The van der Waals surface area contributed by atoms with Gasteiger partial charge in [0.15, 0.2) is 0 Å². The first-order chi connectivity index (χ1) is 7.59. The van der Waals surface area contributed by atoms with Crippen LogP contribution in [0.5, 0.6) is 0 Å². The van der Waals surface area contributed by atoms with Gasteiger partial charge in [-0.15, -0.1) is 0 Å². The summed E-state index contributed by atoms with van der Waals surface area (Å²) in [5.74, 6) is 0.679. The average molecular weight is 286 g/mol. The zero-order valence-corrected chi connectivity index (χ0v) is 11.3. The van der Waals surface area contributed by atoms with E-state index in [0.29, 0.717) is 16.3 Å². The summed E-state index contributed by atoms with van der Waals surface area (Å²) in [5.41, 5.74) is 2.07. The topological polar surface area (TPSA) is 12.0 Å². The van der Waals surface area contributed by atoms with Gasteiger partial charge in [-0.25, -0.2) is 4.39 Å². The van der Waals surface area contributed by atoms with Gasteiger partial charge in [-0.3, -0.25) is 0 Å². The Morgan fingerprint density at radius 3 is 2.75 bits per heavy atom. The molecule has 88 valence electrons. The number of nitrogens with one attached hydrogen (secondary N) is 1. The first-order valence-electron chi connectivity index (χ1n) is 5.79. The molecule has 1 fully saturated rings. The van der Waals surface area contributed by atoms with E-state index in [4.69, 9.17) is 0 Å². The Hall–Kier alpha value is -0.410. The van der Waals surface area contributed by atoms with E-state index in [1.54, 1.807) is 0 Å². The van der Waals surface area contributed by atoms with E-state index < -0.39 is 0 Å². The van der Waals surface area contributed by atoms with Gasteiger partial charge in [0.25, 0.3) is 0 Å². The van der Waals surface area contributed by atoms with Crippen LogP contribution in [-0.2, 0) is 0 Å². The SMILES string of the molecule is CC(C)c1cc(Br)c(F)c(C2CCNC2)c1. The minimum absolute atomic E-state index is 0.0851. The van der Waals surface area contributed by atoms with Crippen molar-refractivity contribution >= 4 is 15.9 Å². The van der Waals surface area contributed by atoms with Crippen molar-refractivity contribution in [1.82, 2.24) is 5.32 Å². The predicted molar refractivity (Wildman–Crippen MR) is 68.4 cm³/mol. The fourth-order valence-corrected chi connectivity index (χ4v) is 2.68. The maximum absolute atomic E-state index is 14.0. The first-order valence-corrected chi connectivity index (χ1v) is 6.58. The Morgan fingerprint density at radius 2 is 2.19 bits per heavy atom. The second kappa shape index (κ2) is 4.84. The largest absolute Gasteiger partial charge is 0.316 e. The maximum Gasteiger partial charge on any atom is 0.140 e. The highest BCUT2D eigenvalue weighted by atomic mass is 79.9. The Kier molecular flexibility index (Phi) is 3.65. The Labute approximate surface area is 105 Å². The molecule has 0 aliphatic carbocycles. The lowest BCUT2D eigenvalue weighted by Crippen LogP contribution is -2.09. The average Bonchev–Trinajstić information content (AvgIpc) is 2.74. The van der Waals surface area contributed by atoms with Crippen molar-refractivity contribution in [3.05, 3.63) is 33.5 Å². The van der Waals surface area contributed by atoms with Crippen LogP contribution in [-0.4, -0.2) is 13.1 Å². The number of hydrogen-bond acceptors (Lipinski definition) is 1. The Balaban J connectivity index is 2.41. The van der Waals surface area contributed by atoms with Crippen molar-refractivity contribution in [2.24, 2.45) is 0 Å². The van der Waals surface area contributed by atoms with Gasteiger partial charge in [-0.05, 0) is 52.0 Å². The highest BCUT2D eigenvalue weighted by Crippen LogP contribution is 2.32. The predicted octanol–water partition coefficient (Wildman–Crippen LogP) is 3.79. The van der Waals surface area contributed by atoms with Crippen LogP contribution in [0.4, 0.5) is 4.39 Å². The molecule has 3 heteroatoms. The van der Waals surface area contributed by atoms with Crippen LogP contribution in [0.2, 0.25) is 0 Å². The van der Waals surface area contributed by atoms with Crippen LogP contribution in [0, 0.1) is 5.82 Å². The molecule has 1 atom stereocenters. The molecule has 0 bridgehead atoms. The fourth-order valence-electron chi connectivity index (χ4n) is 2.18. The molecule has 0 saturated carbocycles. The quantitative estimate of drug-likeness (QED) is 0.872. The second-order valence-electron chi connectivity index (χ2n) is 4.75. The minimum atomic E-state index is -0.0851.